The predicted molar refractivity (Wildman–Crippen MR) is 57.7 cm³/mol. The molecule has 1 aromatic heterocycles. The van der Waals surface area contributed by atoms with Gasteiger partial charge in [0, 0.05) is 6.07 Å². The zero-order chi connectivity index (χ0) is 15.3. The summed E-state index contributed by atoms with van der Waals surface area (Å²) in [5.74, 6) is -2.81. The Morgan fingerprint density at radius 3 is 2.60 bits per heavy atom. The molecule has 0 atom stereocenters. The number of alkyl halides is 4. The number of carbonyl (C=O) groups excluding carboxylic acids is 1. The zero-order valence-electron chi connectivity index (χ0n) is 10.3. The molecule has 0 unspecified atom stereocenters. The lowest BCUT2D eigenvalue weighted by Crippen LogP contribution is -2.18. The lowest BCUT2D eigenvalue weighted by Gasteiger charge is -2.13. The van der Waals surface area contributed by atoms with E-state index in [9.17, 15) is 27.5 Å². The summed E-state index contributed by atoms with van der Waals surface area (Å²) in [5, 5.41) is 9.57. The molecule has 0 saturated heterocycles. The monoisotopic (exact) mass is 297 g/mol. The van der Waals surface area contributed by atoms with Gasteiger partial charge in [-0.1, -0.05) is 0 Å². The Bertz CT molecular complexity index is 490. The molecule has 1 rings (SSSR count). The molecular formula is C11H11F4NO4. The Hall–Kier alpha value is -2.06. The average Bonchev–Trinajstić information content (AvgIpc) is 2.32. The minimum atomic E-state index is -5.06. The van der Waals surface area contributed by atoms with E-state index < -0.39 is 48.3 Å². The van der Waals surface area contributed by atoms with Gasteiger partial charge in [-0.05, 0) is 6.92 Å². The van der Waals surface area contributed by atoms with Crippen molar-refractivity contribution in [1.82, 2.24) is 4.98 Å². The van der Waals surface area contributed by atoms with Crippen LogP contribution >= 0.6 is 0 Å². The number of hydrogen-bond donors (Lipinski definition) is 1. The second-order valence-electron chi connectivity index (χ2n) is 3.57. The van der Waals surface area contributed by atoms with Crippen LogP contribution < -0.4 is 4.74 Å². The maximum atomic E-state index is 12.5. The van der Waals surface area contributed by atoms with Gasteiger partial charge in [-0.15, -0.1) is 13.2 Å². The van der Waals surface area contributed by atoms with Gasteiger partial charge in [0.05, 0.1) is 24.4 Å². The van der Waals surface area contributed by atoms with E-state index in [0.29, 0.717) is 6.07 Å². The number of aromatic hydroxyl groups is 1. The van der Waals surface area contributed by atoms with Gasteiger partial charge in [0.15, 0.2) is 11.5 Å². The molecule has 0 saturated carbocycles. The lowest BCUT2D eigenvalue weighted by molar-refractivity contribution is -0.275. The molecule has 1 N–H and O–H groups in total. The van der Waals surface area contributed by atoms with E-state index in [-0.39, 0.29) is 6.61 Å². The third kappa shape index (κ3) is 4.56. The Kier molecular flexibility index (Phi) is 5.12. The number of pyridine rings is 1. The number of nitrogens with zero attached hydrogens (tertiary/aromatic N) is 1. The highest BCUT2D eigenvalue weighted by Crippen LogP contribution is 2.34. The summed E-state index contributed by atoms with van der Waals surface area (Å²) in [6.07, 6.45) is -5.66. The number of carbonyl (C=O) groups is 1. The van der Waals surface area contributed by atoms with Crippen LogP contribution in [0.1, 0.15) is 18.3 Å². The van der Waals surface area contributed by atoms with Crippen molar-refractivity contribution in [2.75, 3.05) is 6.61 Å². The lowest BCUT2D eigenvalue weighted by atomic mass is 10.2. The van der Waals surface area contributed by atoms with Gasteiger partial charge in [0.25, 0.3) is 0 Å². The van der Waals surface area contributed by atoms with Crippen LogP contribution in [0.15, 0.2) is 6.07 Å². The van der Waals surface area contributed by atoms with Crippen molar-refractivity contribution in [2.45, 2.75) is 26.4 Å². The van der Waals surface area contributed by atoms with Gasteiger partial charge < -0.3 is 14.6 Å². The quantitative estimate of drug-likeness (QED) is 0.667. The first-order valence-electron chi connectivity index (χ1n) is 5.46. The Labute approximate surface area is 111 Å². The van der Waals surface area contributed by atoms with E-state index in [1.165, 1.54) is 6.92 Å². The molecule has 0 aromatic carbocycles. The molecule has 5 nitrogen and oxygen atoms in total. The SMILES string of the molecule is CCOC(=O)Cc1nc(CF)cc(OC(F)(F)F)c1O. The van der Waals surface area contributed by atoms with Crippen LogP contribution in [0.25, 0.3) is 0 Å². The van der Waals surface area contributed by atoms with Crippen LogP contribution in [0.2, 0.25) is 0 Å². The minimum absolute atomic E-state index is 0.0499. The molecule has 0 spiro atoms. The second-order valence-corrected chi connectivity index (χ2v) is 3.57. The summed E-state index contributed by atoms with van der Waals surface area (Å²) in [5.41, 5.74) is -0.848. The topological polar surface area (TPSA) is 68.7 Å². The first-order chi connectivity index (χ1) is 9.26. The van der Waals surface area contributed by atoms with Crippen LogP contribution in [-0.2, 0) is 22.6 Å². The summed E-state index contributed by atoms with van der Waals surface area (Å²) in [4.78, 5) is 14.8. The summed E-state index contributed by atoms with van der Waals surface area (Å²) in [6, 6.07) is 0.609. The van der Waals surface area contributed by atoms with Crippen LogP contribution in [0.3, 0.4) is 0 Å². The highest BCUT2D eigenvalue weighted by atomic mass is 19.4. The standard InChI is InChI=1S/C11H11F4NO4/c1-2-19-9(17)4-7-10(18)8(20-11(13,14)15)3-6(5-12)16-7/h3,18H,2,4-5H2,1H3. The van der Waals surface area contributed by atoms with E-state index in [0.717, 1.165) is 0 Å². The molecule has 0 amide bonds. The fraction of sp³-hybridized carbons (Fsp3) is 0.455. The van der Waals surface area contributed by atoms with E-state index in [4.69, 9.17) is 0 Å². The van der Waals surface area contributed by atoms with E-state index in [2.05, 4.69) is 14.5 Å². The molecule has 0 aliphatic carbocycles. The van der Waals surface area contributed by atoms with Crippen molar-refractivity contribution >= 4 is 5.97 Å². The first-order valence-corrected chi connectivity index (χ1v) is 5.46. The maximum absolute atomic E-state index is 12.5. The zero-order valence-corrected chi connectivity index (χ0v) is 10.3. The van der Waals surface area contributed by atoms with E-state index in [1.807, 2.05) is 0 Å². The molecule has 20 heavy (non-hydrogen) atoms. The summed E-state index contributed by atoms with van der Waals surface area (Å²) in [6.45, 7) is 0.403. The van der Waals surface area contributed by atoms with Crippen molar-refractivity contribution in [2.24, 2.45) is 0 Å². The summed E-state index contributed by atoms with van der Waals surface area (Å²) in [7, 11) is 0. The van der Waals surface area contributed by atoms with Crippen LogP contribution in [-0.4, -0.2) is 29.0 Å². The smallest absolute Gasteiger partial charge is 0.503 e. The van der Waals surface area contributed by atoms with Crippen LogP contribution in [0, 0.1) is 0 Å². The highest BCUT2D eigenvalue weighted by Gasteiger charge is 2.33. The summed E-state index contributed by atoms with van der Waals surface area (Å²) >= 11 is 0. The Morgan fingerprint density at radius 1 is 1.45 bits per heavy atom. The van der Waals surface area contributed by atoms with Gasteiger partial charge in [0.1, 0.15) is 6.67 Å². The molecule has 1 aromatic rings. The minimum Gasteiger partial charge on any atom is -0.503 e. The number of aromatic nitrogens is 1. The molecule has 0 fully saturated rings. The van der Waals surface area contributed by atoms with E-state index >= 15 is 0 Å². The molecule has 9 heteroatoms. The Balaban J connectivity index is 3.10. The fourth-order valence-corrected chi connectivity index (χ4v) is 1.36. The van der Waals surface area contributed by atoms with Crippen molar-refractivity contribution in [1.29, 1.82) is 0 Å². The van der Waals surface area contributed by atoms with Crippen LogP contribution in [0.5, 0.6) is 11.5 Å². The molecule has 1 heterocycles. The molecule has 0 bridgehead atoms. The molecule has 0 aliphatic rings. The van der Waals surface area contributed by atoms with Gasteiger partial charge in [-0.2, -0.15) is 0 Å². The molecule has 0 radical (unpaired) electrons. The molecule has 112 valence electrons. The van der Waals surface area contributed by atoms with Gasteiger partial charge in [-0.3, -0.25) is 9.78 Å². The number of halogens is 4. The van der Waals surface area contributed by atoms with Crippen molar-refractivity contribution in [3.63, 3.8) is 0 Å². The third-order valence-corrected chi connectivity index (χ3v) is 2.06. The van der Waals surface area contributed by atoms with Gasteiger partial charge in [0.2, 0.25) is 0 Å². The summed E-state index contributed by atoms with van der Waals surface area (Å²) < 4.78 is 57.1. The van der Waals surface area contributed by atoms with Crippen molar-refractivity contribution < 1.29 is 36.9 Å². The van der Waals surface area contributed by atoms with Crippen molar-refractivity contribution in [3.8, 4) is 11.5 Å². The number of esters is 1. The number of hydrogen-bond acceptors (Lipinski definition) is 5. The number of rotatable bonds is 5. The van der Waals surface area contributed by atoms with Crippen LogP contribution in [0.4, 0.5) is 17.6 Å². The molecule has 0 aliphatic heterocycles. The van der Waals surface area contributed by atoms with Gasteiger partial charge in [-0.25, -0.2) is 4.39 Å². The van der Waals surface area contributed by atoms with E-state index in [1.54, 1.807) is 0 Å². The Morgan fingerprint density at radius 2 is 2.10 bits per heavy atom. The largest absolute Gasteiger partial charge is 0.573 e. The predicted octanol–water partition coefficient (Wildman–Crippen LogP) is 2.26. The highest BCUT2D eigenvalue weighted by molar-refractivity contribution is 5.73. The molecular weight excluding hydrogens is 286 g/mol. The normalized spacial score (nSPS) is 11.2. The third-order valence-electron chi connectivity index (χ3n) is 2.06. The average molecular weight is 297 g/mol. The fourth-order valence-electron chi connectivity index (χ4n) is 1.36. The second kappa shape index (κ2) is 6.40. The first kappa shape index (κ1) is 16.0. The van der Waals surface area contributed by atoms with Gasteiger partial charge >= 0.3 is 12.3 Å². The number of ether oxygens (including phenoxy) is 2. The van der Waals surface area contributed by atoms with Crippen molar-refractivity contribution in [3.05, 3.63) is 17.5 Å². The maximum Gasteiger partial charge on any atom is 0.573 e.